The van der Waals surface area contributed by atoms with Crippen LogP contribution in [0.3, 0.4) is 0 Å². The first-order valence-electron chi connectivity index (χ1n) is 7.05. The van der Waals surface area contributed by atoms with E-state index in [4.69, 9.17) is 16.3 Å². The Bertz CT molecular complexity index is 688. The predicted molar refractivity (Wildman–Crippen MR) is 79.5 cm³/mol. The molecule has 0 saturated heterocycles. The van der Waals surface area contributed by atoms with Gasteiger partial charge in [-0.2, -0.15) is 0 Å². The van der Waals surface area contributed by atoms with Crippen LogP contribution in [-0.2, 0) is 17.9 Å². The number of hydrogen-bond acceptors (Lipinski definition) is 5. The number of hydrogen-bond donors (Lipinski definition) is 0. The third-order valence-corrected chi connectivity index (χ3v) is 3.84. The van der Waals surface area contributed by atoms with Crippen LogP contribution in [0.15, 0.2) is 18.2 Å². The van der Waals surface area contributed by atoms with Crippen molar-refractivity contribution in [3.63, 3.8) is 0 Å². The number of amides is 1. The molecule has 1 aromatic carbocycles. The number of halogens is 1. The minimum Gasteiger partial charge on any atom is -0.491 e. The summed E-state index contributed by atoms with van der Waals surface area (Å²) in [6, 6.07) is 5.47. The van der Waals surface area contributed by atoms with Gasteiger partial charge in [-0.05, 0) is 35.5 Å². The van der Waals surface area contributed by atoms with Crippen molar-refractivity contribution in [1.29, 1.82) is 0 Å². The van der Waals surface area contributed by atoms with Crippen LogP contribution in [0, 0.1) is 6.92 Å². The molecular weight excluding hydrogens is 306 g/mol. The van der Waals surface area contributed by atoms with Crippen LogP contribution in [-0.4, -0.2) is 44.2 Å². The van der Waals surface area contributed by atoms with Crippen molar-refractivity contribution < 1.29 is 9.53 Å². The fourth-order valence-electron chi connectivity index (χ4n) is 2.39. The van der Waals surface area contributed by atoms with Gasteiger partial charge in [-0.15, -0.1) is 5.10 Å². The molecule has 8 heteroatoms. The molecule has 0 spiro atoms. The number of carbonyl (C=O) groups excluding carboxylic acids is 1. The molecule has 116 valence electrons. The molecule has 1 aromatic heterocycles. The zero-order valence-corrected chi connectivity index (χ0v) is 13.0. The Balaban J connectivity index is 1.66. The van der Waals surface area contributed by atoms with Crippen LogP contribution in [0.1, 0.15) is 17.8 Å². The maximum atomic E-state index is 12.4. The molecule has 2 aromatic rings. The van der Waals surface area contributed by atoms with Crippen molar-refractivity contribution in [1.82, 2.24) is 25.1 Å². The fraction of sp³-hybridized carbons (Fsp3) is 0.429. The van der Waals surface area contributed by atoms with E-state index in [1.807, 2.05) is 19.1 Å². The van der Waals surface area contributed by atoms with E-state index >= 15 is 0 Å². The zero-order valence-electron chi connectivity index (χ0n) is 12.2. The summed E-state index contributed by atoms with van der Waals surface area (Å²) in [4.78, 5) is 14.2. The molecule has 7 nitrogen and oxygen atoms in total. The van der Waals surface area contributed by atoms with Gasteiger partial charge in [0.05, 0.1) is 13.1 Å². The first kappa shape index (κ1) is 14.8. The molecule has 0 aliphatic carbocycles. The van der Waals surface area contributed by atoms with Crippen LogP contribution in [0.2, 0.25) is 5.02 Å². The number of aryl methyl sites for hydroxylation is 2. The second-order valence-corrected chi connectivity index (χ2v) is 5.55. The lowest BCUT2D eigenvalue weighted by molar-refractivity contribution is -0.132. The highest BCUT2D eigenvalue weighted by molar-refractivity contribution is 6.30. The maximum absolute atomic E-state index is 12.4. The summed E-state index contributed by atoms with van der Waals surface area (Å²) in [6.07, 6.45) is 0.349. The minimum absolute atomic E-state index is 0.0475. The zero-order chi connectivity index (χ0) is 15.5. The third-order valence-electron chi connectivity index (χ3n) is 3.60. The molecule has 0 unspecified atom stereocenters. The Hall–Kier alpha value is -2.15. The summed E-state index contributed by atoms with van der Waals surface area (Å²) >= 11 is 6.02. The SMILES string of the molecule is Cc1nnnn1CCC(=O)N1CCOc2ccc(Cl)cc2C1. The van der Waals surface area contributed by atoms with Crippen LogP contribution in [0.5, 0.6) is 5.75 Å². The number of tetrazole rings is 1. The van der Waals surface area contributed by atoms with Crippen LogP contribution >= 0.6 is 11.6 Å². The van der Waals surface area contributed by atoms with E-state index in [0.29, 0.717) is 43.5 Å². The van der Waals surface area contributed by atoms with E-state index < -0.39 is 0 Å². The topological polar surface area (TPSA) is 73.1 Å². The number of ether oxygens (including phenoxy) is 1. The van der Waals surface area contributed by atoms with Crippen molar-refractivity contribution in [2.24, 2.45) is 0 Å². The molecule has 0 radical (unpaired) electrons. The highest BCUT2D eigenvalue weighted by Crippen LogP contribution is 2.26. The molecule has 1 amide bonds. The van der Waals surface area contributed by atoms with Crippen molar-refractivity contribution in [2.45, 2.75) is 26.4 Å². The van der Waals surface area contributed by atoms with Gasteiger partial charge in [0, 0.05) is 23.6 Å². The van der Waals surface area contributed by atoms with Crippen molar-refractivity contribution in [3.8, 4) is 5.75 Å². The van der Waals surface area contributed by atoms with Gasteiger partial charge in [-0.3, -0.25) is 4.79 Å². The smallest absolute Gasteiger partial charge is 0.224 e. The van der Waals surface area contributed by atoms with E-state index in [-0.39, 0.29) is 5.91 Å². The summed E-state index contributed by atoms with van der Waals surface area (Å²) in [5, 5.41) is 11.9. The Morgan fingerprint density at radius 1 is 1.45 bits per heavy atom. The standard InChI is InChI=1S/C14H16ClN5O2/c1-10-16-17-18-20(10)5-4-14(21)19-6-7-22-13-3-2-12(15)8-11(13)9-19/h2-3,8H,4-7,9H2,1H3. The Kier molecular flexibility index (Phi) is 4.24. The molecule has 1 aliphatic rings. The Morgan fingerprint density at radius 3 is 3.09 bits per heavy atom. The monoisotopic (exact) mass is 321 g/mol. The lowest BCUT2D eigenvalue weighted by Gasteiger charge is -2.19. The van der Waals surface area contributed by atoms with E-state index in [2.05, 4.69) is 15.5 Å². The number of aromatic nitrogens is 4. The fourth-order valence-corrected chi connectivity index (χ4v) is 2.59. The van der Waals surface area contributed by atoms with Crippen LogP contribution in [0.25, 0.3) is 0 Å². The molecule has 3 rings (SSSR count). The molecule has 0 N–H and O–H groups in total. The van der Waals surface area contributed by atoms with Gasteiger partial charge in [0.1, 0.15) is 18.2 Å². The molecule has 0 bridgehead atoms. The maximum Gasteiger partial charge on any atom is 0.224 e. The molecular formula is C14H16ClN5O2. The summed E-state index contributed by atoms with van der Waals surface area (Å²) in [6.45, 7) is 3.81. The van der Waals surface area contributed by atoms with Crippen molar-refractivity contribution in [3.05, 3.63) is 34.6 Å². The Morgan fingerprint density at radius 2 is 2.32 bits per heavy atom. The summed E-state index contributed by atoms with van der Waals surface area (Å²) in [5.74, 6) is 1.53. The van der Waals surface area contributed by atoms with Gasteiger partial charge >= 0.3 is 0 Å². The average molecular weight is 322 g/mol. The molecule has 22 heavy (non-hydrogen) atoms. The molecule has 0 saturated carbocycles. The number of fused-ring (bicyclic) bond motifs is 1. The number of rotatable bonds is 3. The van der Waals surface area contributed by atoms with Crippen LogP contribution < -0.4 is 4.74 Å². The van der Waals surface area contributed by atoms with Crippen molar-refractivity contribution >= 4 is 17.5 Å². The summed E-state index contributed by atoms with van der Waals surface area (Å²) in [7, 11) is 0. The number of benzene rings is 1. The normalized spacial score (nSPS) is 14.2. The third kappa shape index (κ3) is 3.19. The quantitative estimate of drug-likeness (QED) is 0.855. The highest BCUT2D eigenvalue weighted by Gasteiger charge is 2.20. The molecule has 1 aliphatic heterocycles. The van der Waals surface area contributed by atoms with Crippen LogP contribution in [0.4, 0.5) is 0 Å². The lowest BCUT2D eigenvalue weighted by Crippen LogP contribution is -2.33. The molecule has 0 fully saturated rings. The number of nitrogens with zero attached hydrogens (tertiary/aromatic N) is 5. The minimum atomic E-state index is 0.0475. The second-order valence-electron chi connectivity index (χ2n) is 5.12. The largest absolute Gasteiger partial charge is 0.491 e. The van der Waals surface area contributed by atoms with E-state index in [1.54, 1.807) is 15.6 Å². The molecule has 2 heterocycles. The lowest BCUT2D eigenvalue weighted by atomic mass is 10.2. The van der Waals surface area contributed by atoms with Gasteiger partial charge in [0.2, 0.25) is 5.91 Å². The Labute approximate surface area is 132 Å². The average Bonchev–Trinajstić information content (AvgIpc) is 2.79. The van der Waals surface area contributed by atoms with Gasteiger partial charge in [0.25, 0.3) is 0 Å². The predicted octanol–water partition coefficient (Wildman–Crippen LogP) is 1.45. The van der Waals surface area contributed by atoms with E-state index in [9.17, 15) is 4.79 Å². The highest BCUT2D eigenvalue weighted by atomic mass is 35.5. The van der Waals surface area contributed by atoms with Gasteiger partial charge < -0.3 is 9.64 Å². The summed E-state index contributed by atoms with van der Waals surface area (Å²) in [5.41, 5.74) is 0.928. The molecule has 0 atom stereocenters. The second kappa shape index (κ2) is 6.31. The number of carbonyl (C=O) groups is 1. The first-order chi connectivity index (χ1) is 10.6. The summed E-state index contributed by atoms with van der Waals surface area (Å²) < 4.78 is 7.29. The van der Waals surface area contributed by atoms with Gasteiger partial charge in [-0.25, -0.2) is 4.68 Å². The first-order valence-corrected chi connectivity index (χ1v) is 7.43. The van der Waals surface area contributed by atoms with Gasteiger partial charge in [-0.1, -0.05) is 11.6 Å². The van der Waals surface area contributed by atoms with Crippen molar-refractivity contribution in [2.75, 3.05) is 13.2 Å². The van der Waals surface area contributed by atoms with E-state index in [1.165, 1.54) is 0 Å². The van der Waals surface area contributed by atoms with E-state index in [0.717, 1.165) is 11.3 Å². The van der Waals surface area contributed by atoms with Gasteiger partial charge in [0.15, 0.2) is 0 Å².